The molecule has 0 spiro atoms. The summed E-state index contributed by atoms with van der Waals surface area (Å²) in [5.41, 5.74) is 0.646. The number of rotatable bonds is 3. The Balaban J connectivity index is 2.08. The second-order valence-corrected chi connectivity index (χ2v) is 4.89. The first-order valence-corrected chi connectivity index (χ1v) is 6.70. The van der Waals surface area contributed by atoms with Gasteiger partial charge in [-0.3, -0.25) is 4.57 Å². The molecule has 4 atom stereocenters. The predicted octanol–water partition coefficient (Wildman–Crippen LogP) is 0.458. The maximum Gasteiger partial charge on any atom is 0.226 e. The van der Waals surface area contributed by atoms with Gasteiger partial charge in [-0.25, -0.2) is 9.37 Å². The molecule has 21 heavy (non-hydrogen) atoms. The molecule has 10 heteroatoms. The molecule has 8 nitrogen and oxygen atoms in total. The highest BCUT2D eigenvalue weighted by molar-refractivity contribution is 6.28. The first-order valence-electron chi connectivity index (χ1n) is 6.32. The lowest BCUT2D eigenvalue weighted by Gasteiger charge is -2.14. The molecule has 0 unspecified atom stereocenters. The number of alkyl halides is 1. The van der Waals surface area contributed by atoms with Gasteiger partial charge in [-0.1, -0.05) is 0 Å². The summed E-state index contributed by atoms with van der Waals surface area (Å²) < 4.78 is 20.3. The first kappa shape index (κ1) is 14.4. The van der Waals surface area contributed by atoms with Crippen molar-refractivity contribution in [2.24, 2.45) is 0 Å². The lowest BCUT2D eigenvalue weighted by Crippen LogP contribution is -2.28. The molecule has 1 aliphatic rings. The summed E-state index contributed by atoms with van der Waals surface area (Å²) in [6, 6.07) is 0. The Kier molecular flexibility index (Phi) is 3.66. The van der Waals surface area contributed by atoms with Crippen molar-refractivity contribution in [2.45, 2.75) is 31.7 Å². The second-order valence-electron chi connectivity index (χ2n) is 4.55. The van der Waals surface area contributed by atoms with Gasteiger partial charge in [0.1, 0.15) is 6.10 Å². The number of aliphatic hydroxyl groups is 2. The van der Waals surface area contributed by atoms with Gasteiger partial charge >= 0.3 is 0 Å². The van der Waals surface area contributed by atoms with Gasteiger partial charge in [0.15, 0.2) is 35.7 Å². The Morgan fingerprint density at radius 3 is 2.86 bits per heavy atom. The number of hydrogen-bond acceptors (Lipinski definition) is 7. The third-order valence-electron chi connectivity index (χ3n) is 3.18. The van der Waals surface area contributed by atoms with Crippen LogP contribution in [0.3, 0.4) is 0 Å². The maximum atomic E-state index is 14.0. The van der Waals surface area contributed by atoms with Crippen LogP contribution in [-0.2, 0) is 4.74 Å². The van der Waals surface area contributed by atoms with Crippen LogP contribution in [-0.4, -0.2) is 54.8 Å². The van der Waals surface area contributed by atoms with Crippen LogP contribution in [0.5, 0.6) is 0 Å². The third kappa shape index (κ3) is 2.31. The SMILES string of the molecule is CCNc1nc(Cl)nc2c1ncn2[C@@H]1O[C@@H](O)[C@@H](O)[C@@H]1F. The molecule has 2 aromatic heterocycles. The number of aromatic nitrogens is 4. The monoisotopic (exact) mass is 317 g/mol. The average molecular weight is 318 g/mol. The molecule has 3 N–H and O–H groups in total. The molecule has 0 amide bonds. The molecule has 1 saturated heterocycles. The van der Waals surface area contributed by atoms with Crippen LogP contribution >= 0.6 is 11.6 Å². The number of anilines is 1. The van der Waals surface area contributed by atoms with Gasteiger partial charge in [0.05, 0.1) is 6.33 Å². The lowest BCUT2D eigenvalue weighted by atomic mass is 10.2. The van der Waals surface area contributed by atoms with E-state index in [0.717, 1.165) is 0 Å². The largest absolute Gasteiger partial charge is 0.385 e. The van der Waals surface area contributed by atoms with Gasteiger partial charge in [0, 0.05) is 6.54 Å². The Bertz CT molecular complexity index is 669. The summed E-state index contributed by atoms with van der Waals surface area (Å²) >= 11 is 5.85. The highest BCUT2D eigenvalue weighted by atomic mass is 35.5. The fourth-order valence-corrected chi connectivity index (χ4v) is 2.37. The number of fused-ring (bicyclic) bond motifs is 1. The zero-order chi connectivity index (χ0) is 15.1. The molecule has 3 rings (SSSR count). The second kappa shape index (κ2) is 5.34. The fraction of sp³-hybridized carbons (Fsp3) is 0.545. The van der Waals surface area contributed by atoms with Crippen molar-refractivity contribution < 1.29 is 19.3 Å². The molecule has 2 aromatic rings. The van der Waals surface area contributed by atoms with Crippen molar-refractivity contribution in [3.8, 4) is 0 Å². The van der Waals surface area contributed by atoms with Crippen molar-refractivity contribution in [1.29, 1.82) is 0 Å². The fourth-order valence-electron chi connectivity index (χ4n) is 2.21. The van der Waals surface area contributed by atoms with Crippen LogP contribution < -0.4 is 5.32 Å². The van der Waals surface area contributed by atoms with Crippen molar-refractivity contribution >= 4 is 28.6 Å². The smallest absolute Gasteiger partial charge is 0.226 e. The van der Waals surface area contributed by atoms with Crippen LogP contribution in [0.25, 0.3) is 11.2 Å². The average Bonchev–Trinajstić information content (AvgIpc) is 2.96. The van der Waals surface area contributed by atoms with E-state index in [9.17, 15) is 14.6 Å². The van der Waals surface area contributed by atoms with E-state index in [4.69, 9.17) is 16.3 Å². The summed E-state index contributed by atoms with van der Waals surface area (Å²) in [7, 11) is 0. The zero-order valence-corrected chi connectivity index (χ0v) is 11.7. The summed E-state index contributed by atoms with van der Waals surface area (Å²) in [6.45, 7) is 2.47. The van der Waals surface area contributed by atoms with E-state index in [1.54, 1.807) is 0 Å². The maximum absolute atomic E-state index is 14.0. The van der Waals surface area contributed by atoms with Gasteiger partial charge in [0.2, 0.25) is 5.28 Å². The van der Waals surface area contributed by atoms with E-state index < -0.39 is 24.8 Å². The highest BCUT2D eigenvalue weighted by Crippen LogP contribution is 2.33. The van der Waals surface area contributed by atoms with E-state index in [-0.39, 0.29) is 10.9 Å². The number of imidazole rings is 1. The standard InChI is InChI=1S/C11H13ClFN5O3/c1-2-14-7-5-8(17-11(12)16-7)18(3-15-5)9-4(13)6(19)10(20)21-9/h3-4,6,9-10,19-20H,2H2,1H3,(H,14,16,17)/t4-,6-,9+,10+/m0/s1. The quantitative estimate of drug-likeness (QED) is 0.706. The third-order valence-corrected chi connectivity index (χ3v) is 3.35. The van der Waals surface area contributed by atoms with Crippen LogP contribution in [0.1, 0.15) is 13.2 Å². The molecule has 0 aromatic carbocycles. The minimum atomic E-state index is -1.81. The molecule has 114 valence electrons. The number of hydrogen-bond donors (Lipinski definition) is 3. The van der Waals surface area contributed by atoms with Gasteiger partial charge in [-0.15, -0.1) is 0 Å². The van der Waals surface area contributed by atoms with Gasteiger partial charge in [-0.2, -0.15) is 9.97 Å². The normalized spacial score (nSPS) is 29.2. The van der Waals surface area contributed by atoms with E-state index in [1.807, 2.05) is 6.92 Å². The minimum Gasteiger partial charge on any atom is -0.385 e. The minimum absolute atomic E-state index is 0.0327. The molecule has 1 fully saturated rings. The van der Waals surface area contributed by atoms with Crippen LogP contribution in [0, 0.1) is 0 Å². The summed E-state index contributed by atoms with van der Waals surface area (Å²) in [4.78, 5) is 12.1. The molecular weight excluding hydrogens is 305 g/mol. The number of nitrogens with zero attached hydrogens (tertiary/aromatic N) is 4. The van der Waals surface area contributed by atoms with Crippen molar-refractivity contribution in [2.75, 3.05) is 11.9 Å². The Hall–Kier alpha value is -1.55. The topological polar surface area (TPSA) is 105 Å². The van der Waals surface area contributed by atoms with Crippen LogP contribution in [0.15, 0.2) is 6.33 Å². The molecular formula is C11H13ClFN5O3. The Morgan fingerprint density at radius 2 is 2.24 bits per heavy atom. The van der Waals surface area contributed by atoms with E-state index >= 15 is 0 Å². The van der Waals surface area contributed by atoms with Gasteiger partial charge in [-0.05, 0) is 18.5 Å². The molecule has 0 saturated carbocycles. The summed E-state index contributed by atoms with van der Waals surface area (Å²) in [5.74, 6) is 0.417. The molecule has 0 bridgehead atoms. The van der Waals surface area contributed by atoms with Crippen LogP contribution in [0.4, 0.5) is 10.2 Å². The van der Waals surface area contributed by atoms with Crippen molar-refractivity contribution in [3.05, 3.63) is 11.6 Å². The summed E-state index contributed by atoms with van der Waals surface area (Å²) in [5, 5.41) is 21.8. The predicted molar refractivity (Wildman–Crippen MR) is 71.5 cm³/mol. The Labute approximate surface area is 123 Å². The first-order chi connectivity index (χ1) is 10.0. The molecule has 0 aliphatic carbocycles. The number of ether oxygens (including phenoxy) is 1. The van der Waals surface area contributed by atoms with E-state index in [1.165, 1.54) is 10.9 Å². The van der Waals surface area contributed by atoms with Crippen molar-refractivity contribution in [1.82, 2.24) is 19.5 Å². The molecule has 1 aliphatic heterocycles. The zero-order valence-electron chi connectivity index (χ0n) is 10.9. The summed E-state index contributed by atoms with van der Waals surface area (Å²) in [6.07, 6.45) is -4.97. The van der Waals surface area contributed by atoms with E-state index in [2.05, 4.69) is 20.3 Å². The van der Waals surface area contributed by atoms with Gasteiger partial charge < -0.3 is 20.3 Å². The van der Waals surface area contributed by atoms with Gasteiger partial charge in [0.25, 0.3) is 0 Å². The Morgan fingerprint density at radius 1 is 1.48 bits per heavy atom. The lowest BCUT2D eigenvalue weighted by molar-refractivity contribution is -0.140. The van der Waals surface area contributed by atoms with Crippen molar-refractivity contribution in [3.63, 3.8) is 0 Å². The highest BCUT2D eigenvalue weighted by Gasteiger charge is 2.45. The van der Waals surface area contributed by atoms with Crippen LogP contribution in [0.2, 0.25) is 5.28 Å². The molecule has 3 heterocycles. The number of nitrogens with one attached hydrogen (secondary N) is 1. The number of aliphatic hydroxyl groups excluding tert-OH is 2. The van der Waals surface area contributed by atoms with E-state index in [0.29, 0.717) is 17.9 Å². The molecule has 0 radical (unpaired) electrons. The number of halogens is 2.